The lowest BCUT2D eigenvalue weighted by atomic mass is 10.1. The summed E-state index contributed by atoms with van der Waals surface area (Å²) in [5, 5.41) is 8.75. The first-order valence-corrected chi connectivity index (χ1v) is 5.44. The Balaban J connectivity index is 3.24. The Bertz CT molecular complexity index is 512. The fraction of sp³-hybridized carbons (Fsp3) is 0.417. The molecule has 0 bridgehead atoms. The minimum absolute atomic E-state index is 0.162. The number of pyridine rings is 1. The van der Waals surface area contributed by atoms with E-state index in [4.69, 9.17) is 14.7 Å². The summed E-state index contributed by atoms with van der Waals surface area (Å²) < 4.78 is 35.5. The van der Waals surface area contributed by atoms with Gasteiger partial charge in [0.05, 0.1) is 25.7 Å². The number of hydrogen-bond donors (Lipinski definition) is 0. The van der Waals surface area contributed by atoms with Crippen LogP contribution in [0.1, 0.15) is 30.2 Å². The number of aromatic nitrogens is 1. The molecule has 7 heteroatoms. The fourth-order valence-corrected chi connectivity index (χ4v) is 1.58. The smallest absolute Gasteiger partial charge is 0.310 e. The van der Waals surface area contributed by atoms with Crippen LogP contribution in [0.4, 0.5) is 8.78 Å². The Kier molecular flexibility index (Phi) is 5.18. The summed E-state index contributed by atoms with van der Waals surface area (Å²) >= 11 is 0. The molecule has 0 aliphatic heterocycles. The largest absolute Gasteiger partial charge is 0.496 e. The van der Waals surface area contributed by atoms with E-state index in [1.54, 1.807) is 13.0 Å². The van der Waals surface area contributed by atoms with Gasteiger partial charge in [-0.05, 0) is 6.92 Å². The number of carbonyl (C=O) groups excluding carboxylic acids is 1. The van der Waals surface area contributed by atoms with Gasteiger partial charge in [-0.1, -0.05) is 0 Å². The average molecular weight is 270 g/mol. The number of rotatable bonds is 5. The Hall–Kier alpha value is -2.23. The van der Waals surface area contributed by atoms with Crippen molar-refractivity contribution in [3.05, 3.63) is 23.0 Å². The first-order chi connectivity index (χ1) is 9.04. The zero-order chi connectivity index (χ0) is 14.4. The molecule has 0 spiro atoms. The molecule has 19 heavy (non-hydrogen) atoms. The van der Waals surface area contributed by atoms with Crippen LogP contribution in [0.2, 0.25) is 0 Å². The second kappa shape index (κ2) is 6.64. The molecule has 0 unspecified atom stereocenters. The number of hydrogen-bond acceptors (Lipinski definition) is 5. The zero-order valence-electron chi connectivity index (χ0n) is 10.4. The number of alkyl halides is 2. The van der Waals surface area contributed by atoms with Crippen molar-refractivity contribution in [3.63, 3.8) is 0 Å². The maximum Gasteiger partial charge on any atom is 0.310 e. The minimum Gasteiger partial charge on any atom is -0.496 e. The molecule has 1 aromatic heterocycles. The number of methoxy groups -OCH3 is 1. The highest BCUT2D eigenvalue weighted by molar-refractivity contribution is 5.74. The van der Waals surface area contributed by atoms with E-state index < -0.39 is 23.7 Å². The number of esters is 1. The molecule has 0 atom stereocenters. The highest BCUT2D eigenvalue weighted by Gasteiger charge is 2.24. The average Bonchev–Trinajstić information content (AvgIpc) is 2.38. The van der Waals surface area contributed by atoms with E-state index in [1.807, 2.05) is 0 Å². The predicted octanol–water partition coefficient (Wildman–Crippen LogP) is 2.01. The Morgan fingerprint density at radius 3 is 2.74 bits per heavy atom. The second-order valence-electron chi connectivity index (χ2n) is 3.47. The van der Waals surface area contributed by atoms with E-state index in [-0.39, 0.29) is 24.3 Å². The molecule has 0 amide bonds. The highest BCUT2D eigenvalue weighted by Crippen LogP contribution is 2.34. The van der Waals surface area contributed by atoms with Crippen LogP contribution in [0.15, 0.2) is 6.20 Å². The molecule has 1 heterocycles. The van der Waals surface area contributed by atoms with Crippen molar-refractivity contribution in [1.29, 1.82) is 5.26 Å². The molecule has 5 nitrogen and oxygen atoms in total. The quantitative estimate of drug-likeness (QED) is 0.765. The molecular formula is C12H12F2N2O3. The summed E-state index contributed by atoms with van der Waals surface area (Å²) in [7, 11) is 1.19. The van der Waals surface area contributed by atoms with Crippen molar-refractivity contribution in [1.82, 2.24) is 4.98 Å². The van der Waals surface area contributed by atoms with Crippen molar-refractivity contribution in [2.75, 3.05) is 13.7 Å². The number of nitrogens with zero attached hydrogens (tertiary/aromatic N) is 2. The lowest BCUT2D eigenvalue weighted by Gasteiger charge is -2.13. The summed E-state index contributed by atoms with van der Waals surface area (Å²) in [5.41, 5.74) is -0.860. The first-order valence-electron chi connectivity index (χ1n) is 5.44. The minimum atomic E-state index is -2.92. The zero-order valence-corrected chi connectivity index (χ0v) is 10.4. The molecule has 1 aromatic rings. The summed E-state index contributed by atoms with van der Waals surface area (Å²) in [6, 6.07) is 1.57. The predicted molar refractivity (Wildman–Crippen MR) is 60.8 cm³/mol. The Morgan fingerprint density at radius 1 is 1.58 bits per heavy atom. The molecule has 0 aliphatic rings. The molecule has 0 radical (unpaired) electrons. The van der Waals surface area contributed by atoms with Crippen molar-refractivity contribution in [3.8, 4) is 11.8 Å². The number of halogens is 2. The van der Waals surface area contributed by atoms with Crippen molar-refractivity contribution >= 4 is 5.97 Å². The third-order valence-corrected chi connectivity index (χ3v) is 2.31. The molecule has 0 saturated carbocycles. The number of carbonyl (C=O) groups is 1. The number of ether oxygens (including phenoxy) is 2. The van der Waals surface area contributed by atoms with Gasteiger partial charge < -0.3 is 9.47 Å². The summed E-state index contributed by atoms with van der Waals surface area (Å²) in [4.78, 5) is 15.0. The Labute approximate surface area is 108 Å². The van der Waals surface area contributed by atoms with E-state index in [1.165, 1.54) is 13.3 Å². The molecule has 0 N–H and O–H groups in total. The molecule has 0 aliphatic carbocycles. The van der Waals surface area contributed by atoms with Crippen LogP contribution in [-0.2, 0) is 16.0 Å². The van der Waals surface area contributed by atoms with E-state index in [9.17, 15) is 13.6 Å². The summed E-state index contributed by atoms with van der Waals surface area (Å²) in [5.74, 6) is -0.776. The van der Waals surface area contributed by atoms with E-state index in [0.717, 1.165) is 0 Å². The normalized spacial score (nSPS) is 10.1. The molecule has 0 fully saturated rings. The lowest BCUT2D eigenvalue weighted by molar-refractivity contribution is -0.142. The van der Waals surface area contributed by atoms with Gasteiger partial charge in [0, 0.05) is 11.8 Å². The molecule has 1 rings (SSSR count). The van der Waals surface area contributed by atoms with Gasteiger partial charge in [0.15, 0.2) is 5.69 Å². The van der Waals surface area contributed by atoms with Gasteiger partial charge in [-0.25, -0.2) is 13.8 Å². The summed E-state index contributed by atoms with van der Waals surface area (Å²) in [6.07, 6.45) is -1.99. The second-order valence-corrected chi connectivity index (χ2v) is 3.47. The highest BCUT2D eigenvalue weighted by atomic mass is 19.3. The first kappa shape index (κ1) is 14.8. The molecular weight excluding hydrogens is 258 g/mol. The Morgan fingerprint density at radius 2 is 2.26 bits per heavy atom. The maximum absolute atomic E-state index is 12.9. The third-order valence-electron chi connectivity index (χ3n) is 2.31. The van der Waals surface area contributed by atoms with Crippen LogP contribution >= 0.6 is 0 Å². The fourth-order valence-electron chi connectivity index (χ4n) is 1.58. The van der Waals surface area contributed by atoms with Crippen LogP contribution in [0.3, 0.4) is 0 Å². The molecule has 102 valence electrons. The SMILES string of the molecule is CCOC(=O)Cc1cnc(C#N)c(C(F)F)c1OC. The van der Waals surface area contributed by atoms with Gasteiger partial charge >= 0.3 is 5.97 Å². The monoisotopic (exact) mass is 270 g/mol. The van der Waals surface area contributed by atoms with Crippen molar-refractivity contribution < 1.29 is 23.0 Å². The van der Waals surface area contributed by atoms with Crippen LogP contribution in [0.25, 0.3) is 0 Å². The van der Waals surface area contributed by atoms with Crippen LogP contribution in [0.5, 0.6) is 5.75 Å². The van der Waals surface area contributed by atoms with E-state index >= 15 is 0 Å². The summed E-state index contributed by atoms with van der Waals surface area (Å²) in [6.45, 7) is 1.82. The van der Waals surface area contributed by atoms with Gasteiger partial charge in [0.2, 0.25) is 0 Å². The van der Waals surface area contributed by atoms with Gasteiger partial charge in [-0.3, -0.25) is 4.79 Å². The topological polar surface area (TPSA) is 72.2 Å². The lowest BCUT2D eigenvalue weighted by Crippen LogP contribution is -2.11. The van der Waals surface area contributed by atoms with Crippen LogP contribution in [-0.4, -0.2) is 24.7 Å². The van der Waals surface area contributed by atoms with Crippen LogP contribution < -0.4 is 4.74 Å². The van der Waals surface area contributed by atoms with Gasteiger partial charge in [-0.15, -0.1) is 0 Å². The molecule has 0 aromatic carbocycles. The van der Waals surface area contributed by atoms with Gasteiger partial charge in [0.1, 0.15) is 11.8 Å². The number of nitriles is 1. The third kappa shape index (κ3) is 3.37. The van der Waals surface area contributed by atoms with Gasteiger partial charge in [0.25, 0.3) is 6.43 Å². The molecule has 0 saturated heterocycles. The van der Waals surface area contributed by atoms with Crippen molar-refractivity contribution in [2.24, 2.45) is 0 Å². The van der Waals surface area contributed by atoms with Crippen LogP contribution in [0, 0.1) is 11.3 Å². The van der Waals surface area contributed by atoms with E-state index in [0.29, 0.717) is 0 Å². The standard InChI is InChI=1S/C12H12F2N2O3/c1-3-19-9(17)4-7-6-16-8(5-15)10(12(13)14)11(7)18-2/h6,12H,3-4H2,1-2H3. The van der Waals surface area contributed by atoms with Crippen molar-refractivity contribution in [2.45, 2.75) is 19.8 Å². The van der Waals surface area contributed by atoms with Gasteiger partial charge in [-0.2, -0.15) is 5.26 Å². The van der Waals surface area contributed by atoms with E-state index in [2.05, 4.69) is 4.98 Å². The maximum atomic E-state index is 12.9.